The highest BCUT2D eigenvalue weighted by Gasteiger charge is 2.43. The topological polar surface area (TPSA) is 50.5 Å². The van der Waals surface area contributed by atoms with Gasteiger partial charge in [-0.15, -0.1) is 11.8 Å². The molecule has 160 valence electrons. The third-order valence-electron chi connectivity index (χ3n) is 6.08. The molecule has 0 saturated heterocycles. The summed E-state index contributed by atoms with van der Waals surface area (Å²) in [5.74, 6) is -0.160. The molecule has 1 amide bonds. The van der Waals surface area contributed by atoms with Gasteiger partial charge in [0, 0.05) is 10.6 Å². The first-order chi connectivity index (χ1) is 15.5. The number of fused-ring (bicyclic) bond motifs is 2. The molecule has 1 aliphatic heterocycles. The monoisotopic (exact) mass is 441 g/mol. The number of nitrogens with zero attached hydrogens (tertiary/aromatic N) is 1. The van der Waals surface area contributed by atoms with Crippen LogP contribution in [0.5, 0.6) is 0 Å². The predicted octanol–water partition coefficient (Wildman–Crippen LogP) is 6.14. The Kier molecular flexibility index (Phi) is 5.14. The van der Waals surface area contributed by atoms with E-state index in [0.717, 1.165) is 28.1 Å². The highest BCUT2D eigenvalue weighted by Crippen LogP contribution is 2.41. The zero-order valence-corrected chi connectivity index (χ0v) is 19.0. The van der Waals surface area contributed by atoms with E-state index in [9.17, 15) is 9.59 Å². The van der Waals surface area contributed by atoms with Gasteiger partial charge in [-0.1, -0.05) is 42.8 Å². The smallest absolute Gasteiger partial charge is 0.295 e. The highest BCUT2D eigenvalue weighted by atomic mass is 32.2. The van der Waals surface area contributed by atoms with Crippen molar-refractivity contribution < 1.29 is 9.21 Å². The summed E-state index contributed by atoms with van der Waals surface area (Å²) in [5.41, 5.74) is 4.49. The standard InChI is InChI=1S/C27H23NO3S/c1-4-17-6-10-19(11-7-17)28-24(18-8-12-20(32-3)13-9-18)23-25(29)21-15-16(2)5-14-22(21)31-26(23)27(28)30/h5-15,24H,4H2,1-3H3. The van der Waals surface area contributed by atoms with Crippen molar-refractivity contribution in [3.8, 4) is 0 Å². The second-order valence-corrected chi connectivity index (χ2v) is 8.92. The van der Waals surface area contributed by atoms with Gasteiger partial charge in [-0.2, -0.15) is 0 Å². The van der Waals surface area contributed by atoms with Gasteiger partial charge in [0.05, 0.1) is 17.0 Å². The average Bonchev–Trinajstić information content (AvgIpc) is 3.12. The van der Waals surface area contributed by atoms with Crippen molar-refractivity contribution in [2.75, 3.05) is 11.2 Å². The molecule has 0 radical (unpaired) electrons. The Morgan fingerprint density at radius 3 is 2.34 bits per heavy atom. The summed E-state index contributed by atoms with van der Waals surface area (Å²) in [6, 6.07) is 20.9. The first-order valence-corrected chi connectivity index (χ1v) is 11.9. The maximum absolute atomic E-state index is 13.7. The quantitative estimate of drug-likeness (QED) is 0.357. The Hall–Kier alpha value is -3.31. The molecule has 0 saturated carbocycles. The second kappa shape index (κ2) is 7.99. The van der Waals surface area contributed by atoms with Crippen molar-refractivity contribution >= 4 is 34.3 Å². The summed E-state index contributed by atoms with van der Waals surface area (Å²) in [7, 11) is 0. The number of benzene rings is 3. The molecule has 3 aromatic carbocycles. The fourth-order valence-corrected chi connectivity index (χ4v) is 4.76. The van der Waals surface area contributed by atoms with Crippen molar-refractivity contribution in [3.05, 3.63) is 105 Å². The maximum atomic E-state index is 13.7. The van der Waals surface area contributed by atoms with Gasteiger partial charge >= 0.3 is 0 Å². The Labute approximate surface area is 190 Å². The van der Waals surface area contributed by atoms with Crippen molar-refractivity contribution in [1.82, 2.24) is 0 Å². The molecule has 1 unspecified atom stereocenters. The van der Waals surface area contributed by atoms with Crippen LogP contribution in [0.25, 0.3) is 11.0 Å². The van der Waals surface area contributed by atoms with E-state index in [4.69, 9.17) is 4.42 Å². The van der Waals surface area contributed by atoms with Crippen LogP contribution >= 0.6 is 11.8 Å². The summed E-state index contributed by atoms with van der Waals surface area (Å²) in [6.07, 6.45) is 2.94. The van der Waals surface area contributed by atoms with E-state index in [1.165, 1.54) is 5.56 Å². The zero-order valence-electron chi connectivity index (χ0n) is 18.2. The highest BCUT2D eigenvalue weighted by molar-refractivity contribution is 7.98. The molecule has 0 fully saturated rings. The molecule has 4 aromatic rings. The van der Waals surface area contributed by atoms with E-state index in [1.54, 1.807) is 22.7 Å². The molecule has 0 aliphatic carbocycles. The van der Waals surface area contributed by atoms with Crippen LogP contribution in [0.3, 0.4) is 0 Å². The van der Waals surface area contributed by atoms with Crippen molar-refractivity contribution in [3.63, 3.8) is 0 Å². The Balaban J connectivity index is 1.77. The van der Waals surface area contributed by atoms with Crippen molar-refractivity contribution in [2.45, 2.75) is 31.2 Å². The van der Waals surface area contributed by atoms with Crippen LogP contribution in [0, 0.1) is 6.92 Å². The number of amides is 1. The van der Waals surface area contributed by atoms with Crippen molar-refractivity contribution in [2.24, 2.45) is 0 Å². The van der Waals surface area contributed by atoms with Crippen LogP contribution < -0.4 is 10.3 Å². The average molecular weight is 442 g/mol. The van der Waals surface area contributed by atoms with E-state index in [-0.39, 0.29) is 17.1 Å². The molecule has 5 heteroatoms. The van der Waals surface area contributed by atoms with Gasteiger partial charge in [0.1, 0.15) is 5.58 Å². The van der Waals surface area contributed by atoms with Crippen molar-refractivity contribution in [1.29, 1.82) is 0 Å². The summed E-state index contributed by atoms with van der Waals surface area (Å²) in [4.78, 5) is 30.1. The Morgan fingerprint density at radius 1 is 0.969 bits per heavy atom. The number of hydrogen-bond donors (Lipinski definition) is 0. The summed E-state index contributed by atoms with van der Waals surface area (Å²) < 4.78 is 6.05. The minimum Gasteiger partial charge on any atom is -0.450 e. The molecular formula is C27H23NO3S. The van der Waals surface area contributed by atoms with Crippen LogP contribution in [0.4, 0.5) is 5.69 Å². The number of aryl methyl sites for hydroxylation is 2. The van der Waals surface area contributed by atoms with Crippen LogP contribution in [-0.2, 0) is 6.42 Å². The van der Waals surface area contributed by atoms with Gasteiger partial charge in [-0.3, -0.25) is 14.5 Å². The molecule has 0 spiro atoms. The van der Waals surface area contributed by atoms with E-state index < -0.39 is 6.04 Å². The summed E-state index contributed by atoms with van der Waals surface area (Å²) >= 11 is 1.65. The van der Waals surface area contributed by atoms with E-state index in [1.807, 2.05) is 73.8 Å². The molecular weight excluding hydrogens is 418 g/mol. The van der Waals surface area contributed by atoms with Gasteiger partial charge in [0.15, 0.2) is 5.43 Å². The molecule has 5 rings (SSSR count). The number of rotatable bonds is 4. The molecule has 1 atom stereocenters. The molecule has 32 heavy (non-hydrogen) atoms. The third kappa shape index (κ3) is 3.24. The SMILES string of the molecule is CCc1ccc(N2C(=O)c3oc4ccc(C)cc4c(=O)c3C2c2ccc(SC)cc2)cc1. The van der Waals surface area contributed by atoms with Crippen LogP contribution in [0.1, 0.15) is 45.8 Å². The van der Waals surface area contributed by atoms with Gasteiger partial charge in [0.25, 0.3) is 5.91 Å². The molecule has 0 N–H and O–H groups in total. The molecule has 1 aromatic heterocycles. The van der Waals surface area contributed by atoms with Crippen LogP contribution in [0.15, 0.2) is 80.8 Å². The Morgan fingerprint density at radius 2 is 1.69 bits per heavy atom. The second-order valence-electron chi connectivity index (χ2n) is 8.04. The minimum atomic E-state index is -0.540. The van der Waals surface area contributed by atoms with Crippen LogP contribution in [0.2, 0.25) is 0 Å². The molecule has 1 aliphatic rings. The van der Waals surface area contributed by atoms with Crippen LogP contribution in [-0.4, -0.2) is 12.2 Å². The fraction of sp³-hybridized carbons (Fsp3) is 0.185. The number of anilines is 1. The van der Waals surface area contributed by atoms with E-state index >= 15 is 0 Å². The van der Waals surface area contributed by atoms with Gasteiger partial charge < -0.3 is 4.42 Å². The number of thioether (sulfide) groups is 1. The summed E-state index contributed by atoms with van der Waals surface area (Å²) in [5, 5.41) is 0.505. The van der Waals surface area contributed by atoms with Gasteiger partial charge in [0.2, 0.25) is 5.76 Å². The fourth-order valence-electron chi connectivity index (χ4n) is 4.35. The lowest BCUT2D eigenvalue weighted by atomic mass is 9.98. The van der Waals surface area contributed by atoms with E-state index in [0.29, 0.717) is 16.5 Å². The minimum absolute atomic E-state index is 0.130. The molecule has 2 heterocycles. The van der Waals surface area contributed by atoms with Gasteiger partial charge in [-0.05, 0) is 67.1 Å². The lowest BCUT2D eigenvalue weighted by Crippen LogP contribution is -2.29. The van der Waals surface area contributed by atoms with E-state index in [2.05, 4.69) is 6.92 Å². The lowest BCUT2D eigenvalue weighted by Gasteiger charge is -2.25. The lowest BCUT2D eigenvalue weighted by molar-refractivity contribution is 0.0971. The molecule has 0 bridgehead atoms. The third-order valence-corrected chi connectivity index (χ3v) is 6.82. The molecule has 4 nitrogen and oxygen atoms in total. The van der Waals surface area contributed by atoms with Gasteiger partial charge in [-0.25, -0.2) is 0 Å². The maximum Gasteiger partial charge on any atom is 0.295 e. The summed E-state index contributed by atoms with van der Waals surface area (Å²) in [6.45, 7) is 4.04. The number of carbonyl (C=O) groups is 1. The first-order valence-electron chi connectivity index (χ1n) is 10.7. The Bertz CT molecular complexity index is 1390. The number of hydrogen-bond acceptors (Lipinski definition) is 4. The zero-order chi connectivity index (χ0) is 22.4. The predicted molar refractivity (Wildman–Crippen MR) is 130 cm³/mol. The largest absolute Gasteiger partial charge is 0.450 e. The number of carbonyl (C=O) groups excluding carboxylic acids is 1. The normalized spacial score (nSPS) is 15.4. The first kappa shape index (κ1) is 20.6.